The number of unbranched alkanes of at least 4 members (excludes halogenated alkanes) is 1. The second kappa shape index (κ2) is 9.76. The molecule has 1 nitrogen and oxygen atoms in total. The van der Waals surface area contributed by atoms with Crippen molar-refractivity contribution in [3.05, 3.63) is 96.6 Å². The fraction of sp³-hybridized carbons (Fsp3) is 0.357. The first-order valence-corrected chi connectivity index (χ1v) is 13.3. The van der Waals surface area contributed by atoms with E-state index in [1.807, 2.05) is 0 Å². The van der Waals surface area contributed by atoms with Gasteiger partial charge in [-0.15, -0.1) is 0 Å². The summed E-state index contributed by atoms with van der Waals surface area (Å²) in [5, 5.41) is 14.5. The van der Waals surface area contributed by atoms with E-state index in [0.717, 1.165) is 19.3 Å². The molecule has 3 rings (SSSR count). The van der Waals surface area contributed by atoms with Crippen molar-refractivity contribution < 1.29 is 5.11 Å². The predicted molar refractivity (Wildman–Crippen MR) is 132 cm³/mol. The Morgan fingerprint density at radius 2 is 1.17 bits per heavy atom. The fourth-order valence-electron chi connectivity index (χ4n) is 5.26. The molecule has 0 heterocycles. The highest BCUT2D eigenvalue weighted by Gasteiger charge is 2.55. The Balaban J connectivity index is 2.37. The van der Waals surface area contributed by atoms with E-state index in [9.17, 15) is 5.11 Å². The first-order valence-electron chi connectivity index (χ1n) is 11.3. The van der Waals surface area contributed by atoms with Crippen LogP contribution in [0.15, 0.2) is 91.0 Å². The maximum atomic E-state index is 11.7. The van der Waals surface area contributed by atoms with Gasteiger partial charge >= 0.3 is 0 Å². The molecule has 0 unspecified atom stereocenters. The van der Waals surface area contributed by atoms with Gasteiger partial charge in [0.2, 0.25) is 0 Å². The molecule has 2 atom stereocenters. The lowest BCUT2D eigenvalue weighted by molar-refractivity contribution is 0.152. The predicted octanol–water partition coefficient (Wildman–Crippen LogP) is 5.92. The molecule has 158 valence electrons. The molecule has 3 aromatic rings. The average molecular weight is 417 g/mol. The van der Waals surface area contributed by atoms with E-state index in [1.165, 1.54) is 15.9 Å². The highest BCUT2D eigenvalue weighted by atomic mass is 28.3. The Morgan fingerprint density at radius 3 is 1.57 bits per heavy atom. The van der Waals surface area contributed by atoms with Gasteiger partial charge in [-0.3, -0.25) is 0 Å². The summed E-state index contributed by atoms with van der Waals surface area (Å²) in [5.74, 6) is 0. The minimum absolute atomic E-state index is 0.00338. The SMILES string of the molecule is CCCC[C@H](O)[C@H](c1ccccc1)[Si](c1ccccc1)(c1ccccc1)C(C)(C)C. The third-order valence-electron chi connectivity index (χ3n) is 6.50. The molecular formula is C28H36OSi. The molecule has 30 heavy (non-hydrogen) atoms. The molecule has 0 bridgehead atoms. The topological polar surface area (TPSA) is 20.2 Å². The molecule has 0 saturated heterocycles. The van der Waals surface area contributed by atoms with Gasteiger partial charge in [0.25, 0.3) is 0 Å². The smallest absolute Gasteiger partial charge is 0.133 e. The molecule has 0 amide bonds. The summed E-state index contributed by atoms with van der Waals surface area (Å²) >= 11 is 0. The Hall–Kier alpha value is -2.16. The number of aliphatic hydroxyl groups excluding tert-OH is 1. The van der Waals surface area contributed by atoms with Crippen molar-refractivity contribution in [1.29, 1.82) is 0 Å². The van der Waals surface area contributed by atoms with E-state index in [4.69, 9.17) is 0 Å². The summed E-state index contributed by atoms with van der Waals surface area (Å²) in [7, 11) is -2.48. The maximum Gasteiger partial charge on any atom is 0.133 e. The Bertz CT molecular complexity index is 845. The van der Waals surface area contributed by atoms with Crippen LogP contribution in [0.3, 0.4) is 0 Å². The van der Waals surface area contributed by atoms with E-state index in [0.29, 0.717) is 0 Å². The lowest BCUT2D eigenvalue weighted by Crippen LogP contribution is -2.70. The van der Waals surface area contributed by atoms with Gasteiger partial charge in [0.1, 0.15) is 8.07 Å². The van der Waals surface area contributed by atoms with Crippen molar-refractivity contribution in [1.82, 2.24) is 0 Å². The zero-order valence-corrected chi connectivity index (χ0v) is 19.9. The van der Waals surface area contributed by atoms with Gasteiger partial charge < -0.3 is 5.11 Å². The van der Waals surface area contributed by atoms with Crippen LogP contribution in [0.2, 0.25) is 5.04 Å². The van der Waals surface area contributed by atoms with Crippen molar-refractivity contribution >= 4 is 18.4 Å². The maximum absolute atomic E-state index is 11.7. The summed E-state index contributed by atoms with van der Waals surface area (Å²) in [6, 6.07) is 32.8. The van der Waals surface area contributed by atoms with Crippen LogP contribution < -0.4 is 10.4 Å². The Labute approximate surface area is 183 Å². The van der Waals surface area contributed by atoms with Crippen LogP contribution >= 0.6 is 0 Å². The van der Waals surface area contributed by atoms with Gasteiger partial charge in [0, 0.05) is 5.54 Å². The van der Waals surface area contributed by atoms with Crippen molar-refractivity contribution in [2.45, 2.75) is 63.6 Å². The minimum Gasteiger partial charge on any atom is -0.393 e. The molecule has 0 aliphatic rings. The first-order chi connectivity index (χ1) is 14.4. The van der Waals surface area contributed by atoms with Crippen molar-refractivity contribution in [3.8, 4) is 0 Å². The van der Waals surface area contributed by atoms with Gasteiger partial charge in [-0.25, -0.2) is 0 Å². The zero-order valence-electron chi connectivity index (χ0n) is 18.9. The van der Waals surface area contributed by atoms with Crippen LogP contribution in [0.4, 0.5) is 0 Å². The second-order valence-corrected chi connectivity index (χ2v) is 14.3. The van der Waals surface area contributed by atoms with Crippen LogP contribution in [0.25, 0.3) is 0 Å². The van der Waals surface area contributed by atoms with Crippen LogP contribution in [-0.2, 0) is 0 Å². The van der Waals surface area contributed by atoms with Crippen molar-refractivity contribution in [2.75, 3.05) is 0 Å². The quantitative estimate of drug-likeness (QED) is 0.452. The normalized spacial score (nSPS) is 14.3. The highest BCUT2D eigenvalue weighted by molar-refractivity contribution is 7.05. The minimum atomic E-state index is -2.48. The van der Waals surface area contributed by atoms with E-state index < -0.39 is 8.07 Å². The second-order valence-electron chi connectivity index (χ2n) is 9.39. The number of hydrogen-bond acceptors (Lipinski definition) is 1. The average Bonchev–Trinajstić information content (AvgIpc) is 2.76. The van der Waals surface area contributed by atoms with Gasteiger partial charge in [-0.2, -0.15) is 0 Å². The van der Waals surface area contributed by atoms with Crippen LogP contribution in [0.5, 0.6) is 0 Å². The van der Waals surface area contributed by atoms with Gasteiger partial charge in [-0.1, -0.05) is 142 Å². The number of hydrogen-bond donors (Lipinski definition) is 1. The van der Waals surface area contributed by atoms with Crippen molar-refractivity contribution in [2.24, 2.45) is 0 Å². The van der Waals surface area contributed by atoms with E-state index in [2.05, 4.69) is 119 Å². The van der Waals surface area contributed by atoms with Crippen molar-refractivity contribution in [3.63, 3.8) is 0 Å². The molecule has 0 spiro atoms. The molecule has 0 aromatic heterocycles. The summed E-state index contributed by atoms with van der Waals surface area (Å²) in [5.41, 5.74) is 1.34. The third-order valence-corrected chi connectivity index (χ3v) is 13.0. The monoisotopic (exact) mass is 416 g/mol. The Kier molecular flexibility index (Phi) is 7.33. The standard InChI is InChI=1S/C28H36OSi/c1-5-6-22-26(29)27(23-16-10-7-11-17-23)30(28(2,3)4,24-18-12-8-13-19-24)25-20-14-9-15-21-25/h7-21,26-27,29H,5-6,22H2,1-4H3/t26-,27-/m0/s1. The third kappa shape index (κ3) is 4.31. The zero-order chi connectivity index (χ0) is 21.6. The largest absolute Gasteiger partial charge is 0.393 e. The first kappa shape index (κ1) is 22.5. The molecule has 0 radical (unpaired) electrons. The number of rotatable bonds is 8. The molecule has 0 fully saturated rings. The van der Waals surface area contributed by atoms with Crippen LogP contribution in [0.1, 0.15) is 58.1 Å². The van der Waals surface area contributed by atoms with Crippen LogP contribution in [-0.4, -0.2) is 19.3 Å². The number of aliphatic hydroxyl groups is 1. The number of benzene rings is 3. The summed E-state index contributed by atoms with van der Waals surface area (Å²) in [6.07, 6.45) is 2.60. The highest BCUT2D eigenvalue weighted by Crippen LogP contribution is 2.46. The van der Waals surface area contributed by atoms with E-state index >= 15 is 0 Å². The summed E-state index contributed by atoms with van der Waals surface area (Å²) in [6.45, 7) is 9.33. The lowest BCUT2D eigenvalue weighted by Gasteiger charge is -2.51. The van der Waals surface area contributed by atoms with Gasteiger partial charge in [-0.05, 0) is 17.0 Å². The van der Waals surface area contributed by atoms with Gasteiger partial charge in [0.15, 0.2) is 0 Å². The summed E-state index contributed by atoms with van der Waals surface area (Å²) < 4.78 is 0. The molecular weight excluding hydrogens is 380 g/mol. The lowest BCUT2D eigenvalue weighted by atomic mass is 10.0. The van der Waals surface area contributed by atoms with Gasteiger partial charge in [0.05, 0.1) is 6.10 Å². The van der Waals surface area contributed by atoms with E-state index in [-0.39, 0.29) is 16.7 Å². The Morgan fingerprint density at radius 1 is 0.733 bits per heavy atom. The van der Waals surface area contributed by atoms with Crippen LogP contribution in [0, 0.1) is 0 Å². The van der Waals surface area contributed by atoms with E-state index in [1.54, 1.807) is 0 Å². The molecule has 0 aliphatic carbocycles. The molecule has 2 heteroatoms. The molecule has 0 saturated carbocycles. The molecule has 0 aliphatic heterocycles. The molecule has 3 aromatic carbocycles. The molecule has 1 N–H and O–H groups in total. The fourth-order valence-corrected chi connectivity index (χ4v) is 11.9. The summed E-state index contributed by atoms with van der Waals surface area (Å²) in [4.78, 5) is 0.